The second-order valence-corrected chi connectivity index (χ2v) is 5.55. The number of likely N-dealkylation sites (tertiary alicyclic amines) is 1. The fourth-order valence-electron chi connectivity index (χ4n) is 2.35. The first-order chi connectivity index (χ1) is 9.54. The number of ether oxygens (including phenoxy) is 1. The van der Waals surface area contributed by atoms with Gasteiger partial charge in [-0.3, -0.25) is 4.79 Å². The zero-order chi connectivity index (χ0) is 14.6. The van der Waals surface area contributed by atoms with Crippen LogP contribution >= 0.6 is 0 Å². The van der Waals surface area contributed by atoms with Crippen LogP contribution in [0.25, 0.3) is 0 Å². The molecule has 1 heterocycles. The molecule has 0 bridgehead atoms. The highest BCUT2D eigenvalue weighted by molar-refractivity contribution is 5.77. The van der Waals surface area contributed by atoms with Crippen LogP contribution < -0.4 is 4.74 Å². The van der Waals surface area contributed by atoms with Crippen molar-refractivity contribution in [3.63, 3.8) is 0 Å². The molecule has 20 heavy (non-hydrogen) atoms. The van der Waals surface area contributed by atoms with Gasteiger partial charge in [-0.25, -0.2) is 0 Å². The van der Waals surface area contributed by atoms with Gasteiger partial charge in [0.05, 0.1) is 25.3 Å². The second-order valence-electron chi connectivity index (χ2n) is 5.55. The highest BCUT2D eigenvalue weighted by Crippen LogP contribution is 2.24. The molecule has 0 atom stereocenters. The van der Waals surface area contributed by atoms with Gasteiger partial charge >= 0.3 is 0 Å². The Labute approximate surface area is 120 Å². The molecule has 2 rings (SSSR count). The van der Waals surface area contributed by atoms with Crippen LogP contribution in [0.4, 0.5) is 0 Å². The predicted octanol–water partition coefficient (Wildman–Crippen LogP) is 2.14. The summed E-state index contributed by atoms with van der Waals surface area (Å²) in [6.07, 6.45) is 1.88. The number of hydrogen-bond donors (Lipinski definition) is 1. The van der Waals surface area contributed by atoms with Gasteiger partial charge in [0.1, 0.15) is 5.75 Å². The molecule has 0 aliphatic carbocycles. The molecule has 1 N–H and O–H groups in total. The smallest absolute Gasteiger partial charge is 0.222 e. The normalized spacial score (nSPS) is 16.6. The fourth-order valence-corrected chi connectivity index (χ4v) is 2.35. The number of para-hydroxylation sites is 1. The Morgan fingerprint density at radius 1 is 1.40 bits per heavy atom. The SMILES string of the molecule is CCC1(O)CN(C(=O)CCCOc2ccccc2C)C1. The number of nitrogens with zero attached hydrogens (tertiary/aromatic N) is 1. The summed E-state index contributed by atoms with van der Waals surface area (Å²) < 4.78 is 5.66. The summed E-state index contributed by atoms with van der Waals surface area (Å²) >= 11 is 0. The summed E-state index contributed by atoms with van der Waals surface area (Å²) in [5.41, 5.74) is 0.461. The minimum Gasteiger partial charge on any atom is -0.493 e. The van der Waals surface area contributed by atoms with Crippen molar-refractivity contribution >= 4 is 5.91 Å². The average molecular weight is 277 g/mol. The maximum atomic E-state index is 11.9. The molecule has 0 spiro atoms. The number of amides is 1. The number of rotatable bonds is 6. The van der Waals surface area contributed by atoms with Crippen LogP contribution in [0.15, 0.2) is 24.3 Å². The Morgan fingerprint density at radius 2 is 2.10 bits per heavy atom. The van der Waals surface area contributed by atoms with Crippen LogP contribution in [0.3, 0.4) is 0 Å². The average Bonchev–Trinajstić information content (AvgIpc) is 2.41. The second kappa shape index (κ2) is 6.27. The first kappa shape index (κ1) is 14.9. The summed E-state index contributed by atoms with van der Waals surface area (Å²) in [7, 11) is 0. The Morgan fingerprint density at radius 3 is 2.75 bits per heavy atom. The van der Waals surface area contributed by atoms with Crippen LogP contribution in [0.5, 0.6) is 5.75 Å². The lowest BCUT2D eigenvalue weighted by Crippen LogP contribution is -2.63. The van der Waals surface area contributed by atoms with E-state index in [9.17, 15) is 9.90 Å². The maximum absolute atomic E-state index is 11.9. The van der Waals surface area contributed by atoms with Crippen LogP contribution in [-0.2, 0) is 4.79 Å². The van der Waals surface area contributed by atoms with Crippen molar-refractivity contribution in [3.8, 4) is 5.75 Å². The summed E-state index contributed by atoms with van der Waals surface area (Å²) in [6, 6.07) is 7.86. The highest BCUT2D eigenvalue weighted by atomic mass is 16.5. The van der Waals surface area contributed by atoms with Crippen molar-refractivity contribution in [2.24, 2.45) is 0 Å². The van der Waals surface area contributed by atoms with E-state index in [0.717, 1.165) is 11.3 Å². The Balaban J connectivity index is 1.65. The third-order valence-corrected chi connectivity index (χ3v) is 3.87. The lowest BCUT2D eigenvalue weighted by Gasteiger charge is -2.46. The van der Waals surface area contributed by atoms with Crippen molar-refractivity contribution < 1.29 is 14.6 Å². The van der Waals surface area contributed by atoms with Crippen LogP contribution in [0.1, 0.15) is 31.7 Å². The van der Waals surface area contributed by atoms with Crippen LogP contribution in [0, 0.1) is 6.92 Å². The number of β-amino-alcohol motifs (C(OH)–C–C–N with tert-alkyl or cyclic N) is 1. The van der Waals surface area contributed by atoms with Gasteiger partial charge in [-0.05, 0) is 31.4 Å². The molecule has 1 aromatic carbocycles. The van der Waals surface area contributed by atoms with Gasteiger partial charge in [-0.15, -0.1) is 0 Å². The number of benzene rings is 1. The van der Waals surface area contributed by atoms with E-state index in [1.165, 1.54) is 0 Å². The van der Waals surface area contributed by atoms with Crippen molar-refractivity contribution in [3.05, 3.63) is 29.8 Å². The van der Waals surface area contributed by atoms with Crippen LogP contribution in [-0.4, -0.2) is 41.2 Å². The zero-order valence-electron chi connectivity index (χ0n) is 12.3. The number of aryl methyl sites for hydroxylation is 1. The van der Waals surface area contributed by atoms with Gasteiger partial charge in [0.15, 0.2) is 0 Å². The van der Waals surface area contributed by atoms with E-state index in [-0.39, 0.29) is 5.91 Å². The Hall–Kier alpha value is -1.55. The number of carbonyl (C=O) groups excluding carboxylic acids is 1. The van der Waals surface area contributed by atoms with Gasteiger partial charge in [0.2, 0.25) is 5.91 Å². The molecular formula is C16H23NO3. The molecule has 0 radical (unpaired) electrons. The molecule has 4 heteroatoms. The molecule has 1 fully saturated rings. The predicted molar refractivity (Wildman–Crippen MR) is 77.7 cm³/mol. The van der Waals surface area contributed by atoms with E-state index < -0.39 is 5.60 Å². The third kappa shape index (κ3) is 3.51. The van der Waals surface area contributed by atoms with Gasteiger partial charge in [0.25, 0.3) is 0 Å². The van der Waals surface area contributed by atoms with Crippen molar-refractivity contribution in [2.75, 3.05) is 19.7 Å². The van der Waals surface area contributed by atoms with E-state index >= 15 is 0 Å². The molecule has 1 amide bonds. The summed E-state index contributed by atoms with van der Waals surface area (Å²) in [4.78, 5) is 13.6. The van der Waals surface area contributed by atoms with Crippen molar-refractivity contribution in [2.45, 2.75) is 38.7 Å². The topological polar surface area (TPSA) is 49.8 Å². The quantitative estimate of drug-likeness (QED) is 0.810. The molecule has 0 aromatic heterocycles. The standard InChI is InChI=1S/C16H23NO3/c1-3-16(19)11-17(12-16)15(18)9-6-10-20-14-8-5-4-7-13(14)2/h4-5,7-8,19H,3,6,9-12H2,1-2H3. The molecule has 1 saturated heterocycles. The number of carbonyl (C=O) groups is 1. The van der Waals surface area contributed by atoms with E-state index in [4.69, 9.17) is 4.74 Å². The number of aliphatic hydroxyl groups is 1. The van der Waals surface area contributed by atoms with Crippen molar-refractivity contribution in [1.82, 2.24) is 4.90 Å². The minimum absolute atomic E-state index is 0.108. The molecular weight excluding hydrogens is 254 g/mol. The van der Waals surface area contributed by atoms with Crippen LogP contribution in [0.2, 0.25) is 0 Å². The van der Waals surface area contributed by atoms with E-state index in [0.29, 0.717) is 39.0 Å². The Kier molecular flexibility index (Phi) is 4.65. The summed E-state index contributed by atoms with van der Waals surface area (Å²) in [5, 5.41) is 9.87. The Bertz CT molecular complexity index is 467. The molecule has 1 aliphatic rings. The molecule has 110 valence electrons. The monoisotopic (exact) mass is 277 g/mol. The molecule has 4 nitrogen and oxygen atoms in total. The molecule has 1 aliphatic heterocycles. The lowest BCUT2D eigenvalue weighted by molar-refractivity contribution is -0.155. The van der Waals surface area contributed by atoms with E-state index in [1.54, 1.807) is 4.90 Å². The molecule has 0 saturated carbocycles. The maximum Gasteiger partial charge on any atom is 0.222 e. The fraction of sp³-hybridized carbons (Fsp3) is 0.562. The van der Waals surface area contributed by atoms with Gasteiger partial charge in [-0.2, -0.15) is 0 Å². The van der Waals surface area contributed by atoms with Gasteiger partial charge in [0, 0.05) is 6.42 Å². The van der Waals surface area contributed by atoms with E-state index in [2.05, 4.69) is 0 Å². The summed E-state index contributed by atoms with van der Waals surface area (Å²) in [5.74, 6) is 0.987. The largest absolute Gasteiger partial charge is 0.493 e. The third-order valence-electron chi connectivity index (χ3n) is 3.87. The first-order valence-corrected chi connectivity index (χ1v) is 7.23. The molecule has 1 aromatic rings. The first-order valence-electron chi connectivity index (χ1n) is 7.23. The van der Waals surface area contributed by atoms with Gasteiger partial charge < -0.3 is 14.7 Å². The highest BCUT2D eigenvalue weighted by Gasteiger charge is 2.41. The minimum atomic E-state index is -0.646. The summed E-state index contributed by atoms with van der Waals surface area (Å²) in [6.45, 7) is 5.44. The lowest BCUT2D eigenvalue weighted by atomic mass is 9.91. The zero-order valence-corrected chi connectivity index (χ0v) is 12.3. The van der Waals surface area contributed by atoms with Gasteiger partial charge in [-0.1, -0.05) is 25.1 Å². The number of hydrogen-bond acceptors (Lipinski definition) is 3. The molecule has 0 unspecified atom stereocenters. The van der Waals surface area contributed by atoms with Crippen molar-refractivity contribution in [1.29, 1.82) is 0 Å². The van der Waals surface area contributed by atoms with E-state index in [1.807, 2.05) is 38.1 Å².